The molecule has 8 heteroatoms. The van der Waals surface area contributed by atoms with Crippen LogP contribution >= 0.6 is 0 Å². The van der Waals surface area contributed by atoms with Gasteiger partial charge in [-0.25, -0.2) is 18.7 Å². The van der Waals surface area contributed by atoms with Gasteiger partial charge in [-0.05, 0) is 45.4 Å². The number of hydrogen-bond donors (Lipinski definition) is 3. The minimum Gasteiger partial charge on any atom is -0.388 e. The van der Waals surface area contributed by atoms with Gasteiger partial charge in [0.05, 0.1) is 6.10 Å². The molecule has 2 heterocycles. The van der Waals surface area contributed by atoms with E-state index in [1.165, 1.54) is 6.92 Å². The second-order valence-electron chi connectivity index (χ2n) is 6.89. The number of aliphatic hydroxyl groups excluding tert-OH is 3. The van der Waals surface area contributed by atoms with Crippen molar-refractivity contribution in [2.24, 2.45) is 0 Å². The number of nitrogens with zero attached hydrogens (tertiary/aromatic N) is 2. The Balaban J connectivity index is 0.000000234. The number of rotatable bonds is 3. The van der Waals surface area contributed by atoms with E-state index < -0.39 is 42.2 Å². The molecule has 0 unspecified atom stereocenters. The molecule has 0 amide bonds. The summed E-state index contributed by atoms with van der Waals surface area (Å²) in [5.41, 5.74) is 3.17. The first-order valence-corrected chi connectivity index (χ1v) is 9.22. The van der Waals surface area contributed by atoms with E-state index in [0.29, 0.717) is 6.07 Å². The molecule has 3 rings (SSSR count). The molecule has 1 aliphatic rings. The van der Waals surface area contributed by atoms with Crippen LogP contribution in [-0.2, 0) is 4.74 Å². The number of halogens is 2. The SMILES string of the molecule is C/C=C\c1c(C)ncnc1C.C[C@@H]1O[C@H]([C@H](O)c2cc(F)cc(F)c2)[C@@H](O)[C@H]1O. The Morgan fingerprint density at radius 3 is 2.03 bits per heavy atom. The van der Waals surface area contributed by atoms with Crippen LogP contribution in [0.2, 0.25) is 0 Å². The summed E-state index contributed by atoms with van der Waals surface area (Å²) in [4.78, 5) is 8.19. The third kappa shape index (κ3) is 5.63. The lowest BCUT2D eigenvalue weighted by molar-refractivity contribution is -0.0637. The quantitative estimate of drug-likeness (QED) is 0.723. The van der Waals surface area contributed by atoms with E-state index in [4.69, 9.17) is 4.74 Å². The fourth-order valence-electron chi connectivity index (χ4n) is 3.09. The highest BCUT2D eigenvalue weighted by Crippen LogP contribution is 2.31. The normalized spacial score (nSPS) is 25.0. The average molecular weight is 408 g/mol. The Morgan fingerprint density at radius 2 is 1.59 bits per heavy atom. The maximum atomic E-state index is 13.0. The third-order valence-electron chi connectivity index (χ3n) is 4.69. The number of allylic oxidation sites excluding steroid dienone is 1. The lowest BCUT2D eigenvalue weighted by Gasteiger charge is -2.21. The molecule has 1 fully saturated rings. The highest BCUT2D eigenvalue weighted by molar-refractivity contribution is 5.53. The van der Waals surface area contributed by atoms with Crippen molar-refractivity contribution in [1.82, 2.24) is 9.97 Å². The van der Waals surface area contributed by atoms with E-state index in [-0.39, 0.29) is 5.56 Å². The van der Waals surface area contributed by atoms with Crippen molar-refractivity contribution in [2.75, 3.05) is 0 Å². The molecule has 0 radical (unpaired) electrons. The van der Waals surface area contributed by atoms with Gasteiger partial charge in [0, 0.05) is 23.0 Å². The molecule has 1 aromatic carbocycles. The zero-order valence-corrected chi connectivity index (χ0v) is 16.8. The smallest absolute Gasteiger partial charge is 0.126 e. The predicted molar refractivity (Wildman–Crippen MR) is 104 cm³/mol. The van der Waals surface area contributed by atoms with Gasteiger partial charge in [0.15, 0.2) is 0 Å². The zero-order chi connectivity index (χ0) is 21.7. The Bertz CT molecular complexity index is 822. The van der Waals surface area contributed by atoms with Crippen LogP contribution in [0.15, 0.2) is 30.6 Å². The molecule has 5 atom stereocenters. The van der Waals surface area contributed by atoms with Crippen LogP contribution in [0.1, 0.15) is 42.5 Å². The molecule has 1 aliphatic heterocycles. The summed E-state index contributed by atoms with van der Waals surface area (Å²) >= 11 is 0. The zero-order valence-electron chi connectivity index (χ0n) is 16.8. The molecule has 1 saturated heterocycles. The van der Waals surface area contributed by atoms with Gasteiger partial charge in [-0.1, -0.05) is 12.2 Å². The summed E-state index contributed by atoms with van der Waals surface area (Å²) in [6.07, 6.45) is 0.00420. The van der Waals surface area contributed by atoms with Gasteiger partial charge >= 0.3 is 0 Å². The second-order valence-corrected chi connectivity index (χ2v) is 6.89. The van der Waals surface area contributed by atoms with Crippen molar-refractivity contribution in [1.29, 1.82) is 0 Å². The minimum atomic E-state index is -1.41. The number of aromatic nitrogens is 2. The largest absolute Gasteiger partial charge is 0.388 e. The number of ether oxygens (including phenoxy) is 1. The van der Waals surface area contributed by atoms with Gasteiger partial charge in [-0.2, -0.15) is 0 Å². The first kappa shape index (κ1) is 23.0. The lowest BCUT2D eigenvalue weighted by atomic mass is 9.98. The summed E-state index contributed by atoms with van der Waals surface area (Å²) in [5.74, 6) is -1.66. The van der Waals surface area contributed by atoms with E-state index >= 15 is 0 Å². The molecule has 29 heavy (non-hydrogen) atoms. The molecule has 2 aromatic rings. The van der Waals surface area contributed by atoms with Crippen LogP contribution in [0.5, 0.6) is 0 Å². The highest BCUT2D eigenvalue weighted by Gasteiger charge is 2.44. The Kier molecular flexibility index (Phi) is 7.92. The van der Waals surface area contributed by atoms with Crippen molar-refractivity contribution in [3.63, 3.8) is 0 Å². The first-order chi connectivity index (χ1) is 13.6. The third-order valence-corrected chi connectivity index (χ3v) is 4.69. The number of hydrogen-bond acceptors (Lipinski definition) is 6. The van der Waals surface area contributed by atoms with Gasteiger partial charge in [0.2, 0.25) is 0 Å². The Morgan fingerprint density at radius 1 is 1.03 bits per heavy atom. The van der Waals surface area contributed by atoms with E-state index in [1.807, 2.05) is 32.9 Å². The number of aryl methyl sites for hydroxylation is 2. The van der Waals surface area contributed by atoms with Crippen molar-refractivity contribution < 1.29 is 28.8 Å². The molecule has 0 saturated carbocycles. The number of benzene rings is 1. The van der Waals surface area contributed by atoms with Crippen molar-refractivity contribution in [3.8, 4) is 0 Å². The fourth-order valence-corrected chi connectivity index (χ4v) is 3.09. The molecular formula is C21H26F2N2O4. The molecule has 0 spiro atoms. The van der Waals surface area contributed by atoms with Crippen LogP contribution in [0.4, 0.5) is 8.78 Å². The fraction of sp³-hybridized carbons (Fsp3) is 0.429. The van der Waals surface area contributed by atoms with Gasteiger partial charge in [0.1, 0.15) is 42.4 Å². The molecule has 6 nitrogen and oxygen atoms in total. The summed E-state index contributed by atoms with van der Waals surface area (Å²) in [6, 6.07) is 2.60. The van der Waals surface area contributed by atoms with Crippen molar-refractivity contribution in [2.45, 2.75) is 58.2 Å². The topological polar surface area (TPSA) is 95.7 Å². The Hall–Kier alpha value is -2.26. The van der Waals surface area contributed by atoms with Crippen LogP contribution in [0.3, 0.4) is 0 Å². The van der Waals surface area contributed by atoms with E-state index in [2.05, 4.69) is 9.97 Å². The van der Waals surface area contributed by atoms with E-state index in [9.17, 15) is 24.1 Å². The van der Waals surface area contributed by atoms with Crippen LogP contribution in [0.25, 0.3) is 6.08 Å². The van der Waals surface area contributed by atoms with Crippen molar-refractivity contribution >= 4 is 6.08 Å². The summed E-state index contributed by atoms with van der Waals surface area (Å²) in [5, 5.41) is 29.1. The molecular weight excluding hydrogens is 382 g/mol. The molecule has 3 N–H and O–H groups in total. The van der Waals surface area contributed by atoms with Crippen LogP contribution in [-0.4, -0.2) is 49.7 Å². The molecule has 0 aliphatic carbocycles. The predicted octanol–water partition coefficient (Wildman–Crippen LogP) is 2.63. The summed E-state index contributed by atoms with van der Waals surface area (Å²) < 4.78 is 31.2. The van der Waals surface area contributed by atoms with Gasteiger partial charge in [-0.3, -0.25) is 0 Å². The molecule has 1 aromatic heterocycles. The lowest BCUT2D eigenvalue weighted by Crippen LogP contribution is -2.35. The average Bonchev–Trinajstić information content (AvgIpc) is 2.91. The van der Waals surface area contributed by atoms with Gasteiger partial charge in [-0.15, -0.1) is 0 Å². The van der Waals surface area contributed by atoms with Gasteiger partial charge in [0.25, 0.3) is 0 Å². The monoisotopic (exact) mass is 408 g/mol. The molecule has 158 valence electrons. The standard InChI is InChI=1S/C12H14F2O4.C9H12N2/c1-5-9(15)11(17)12(18-5)10(16)6-2-7(13)4-8(14)3-6;1-4-5-9-7(2)10-6-11-8(9)3/h2-5,9-12,15-17H,1H3;4-6H,1-3H3/b;5-4-/t5-,9-,10+,11-,12+;/m0./s1. The minimum absolute atomic E-state index is 0.0437. The summed E-state index contributed by atoms with van der Waals surface area (Å²) in [7, 11) is 0. The highest BCUT2D eigenvalue weighted by atomic mass is 19.1. The molecule has 0 bridgehead atoms. The van der Waals surface area contributed by atoms with E-state index in [0.717, 1.165) is 29.1 Å². The van der Waals surface area contributed by atoms with E-state index in [1.54, 1.807) is 6.33 Å². The second kappa shape index (κ2) is 9.98. The maximum Gasteiger partial charge on any atom is 0.126 e. The summed E-state index contributed by atoms with van der Waals surface area (Å²) in [6.45, 7) is 7.51. The first-order valence-electron chi connectivity index (χ1n) is 9.22. The Labute approximate surface area is 168 Å². The van der Waals surface area contributed by atoms with Crippen molar-refractivity contribution in [3.05, 3.63) is 64.8 Å². The number of aliphatic hydroxyl groups is 3. The van der Waals surface area contributed by atoms with Crippen LogP contribution in [0, 0.1) is 25.5 Å². The van der Waals surface area contributed by atoms with Crippen LogP contribution < -0.4 is 0 Å². The van der Waals surface area contributed by atoms with Gasteiger partial charge < -0.3 is 20.1 Å². The maximum absolute atomic E-state index is 13.0.